The number of aromatic nitrogens is 1. The van der Waals surface area contributed by atoms with Gasteiger partial charge in [0, 0.05) is 18.6 Å². The van der Waals surface area contributed by atoms with E-state index in [-0.39, 0.29) is 5.91 Å². The zero-order valence-corrected chi connectivity index (χ0v) is 12.7. The van der Waals surface area contributed by atoms with E-state index in [1.54, 1.807) is 24.3 Å². The summed E-state index contributed by atoms with van der Waals surface area (Å²) in [4.78, 5) is 12.5. The second kappa shape index (κ2) is 5.43. The number of rotatable bonds is 2. The molecule has 5 heteroatoms. The first-order valence-electron chi connectivity index (χ1n) is 6.37. The summed E-state index contributed by atoms with van der Waals surface area (Å²) in [5, 5.41) is 4.62. The van der Waals surface area contributed by atoms with Gasteiger partial charge in [-0.25, -0.2) is 0 Å². The SMILES string of the molecule is Cn1ccc2cccc(C(=O)Nc3c(Cl)cccc3Cl)c21. The topological polar surface area (TPSA) is 34.0 Å². The molecular formula is C16H12Cl2N2O. The second-order valence-corrected chi connectivity index (χ2v) is 5.54. The fourth-order valence-electron chi connectivity index (χ4n) is 2.34. The molecule has 3 rings (SSSR count). The fourth-order valence-corrected chi connectivity index (χ4v) is 2.83. The smallest absolute Gasteiger partial charge is 0.257 e. The molecule has 1 aromatic heterocycles. The highest BCUT2D eigenvalue weighted by Gasteiger charge is 2.15. The van der Waals surface area contributed by atoms with Crippen molar-refractivity contribution >= 4 is 45.7 Å². The number of carbonyl (C=O) groups excluding carboxylic acids is 1. The van der Waals surface area contributed by atoms with Gasteiger partial charge in [-0.2, -0.15) is 0 Å². The van der Waals surface area contributed by atoms with Crippen LogP contribution < -0.4 is 5.32 Å². The predicted molar refractivity (Wildman–Crippen MR) is 87.3 cm³/mol. The molecule has 1 N–H and O–H groups in total. The van der Waals surface area contributed by atoms with Crippen LogP contribution in [0.15, 0.2) is 48.7 Å². The number of benzene rings is 2. The molecule has 0 fully saturated rings. The Morgan fingerprint density at radius 3 is 2.43 bits per heavy atom. The molecule has 1 heterocycles. The van der Waals surface area contributed by atoms with Gasteiger partial charge in [0.25, 0.3) is 5.91 Å². The molecule has 0 bridgehead atoms. The number of halogens is 2. The third-order valence-corrected chi connectivity index (χ3v) is 3.97. The highest BCUT2D eigenvalue weighted by atomic mass is 35.5. The lowest BCUT2D eigenvalue weighted by atomic mass is 10.1. The molecule has 2 aromatic carbocycles. The largest absolute Gasteiger partial charge is 0.350 e. The minimum absolute atomic E-state index is 0.239. The van der Waals surface area contributed by atoms with E-state index in [1.807, 2.05) is 36.0 Å². The summed E-state index contributed by atoms with van der Waals surface area (Å²) >= 11 is 12.2. The Morgan fingerprint density at radius 2 is 1.71 bits per heavy atom. The first-order valence-corrected chi connectivity index (χ1v) is 7.13. The highest BCUT2D eigenvalue weighted by molar-refractivity contribution is 6.40. The quantitative estimate of drug-likeness (QED) is 0.727. The van der Waals surface area contributed by atoms with Gasteiger partial charge in [0.05, 0.1) is 26.8 Å². The Bertz CT molecular complexity index is 819. The van der Waals surface area contributed by atoms with Gasteiger partial charge in [0.2, 0.25) is 0 Å². The van der Waals surface area contributed by atoms with Gasteiger partial charge < -0.3 is 9.88 Å². The van der Waals surface area contributed by atoms with Gasteiger partial charge >= 0.3 is 0 Å². The molecule has 3 nitrogen and oxygen atoms in total. The van der Waals surface area contributed by atoms with Crippen LogP contribution in [0.25, 0.3) is 10.9 Å². The van der Waals surface area contributed by atoms with E-state index in [1.165, 1.54) is 0 Å². The number of amides is 1. The van der Waals surface area contributed by atoms with E-state index in [9.17, 15) is 4.79 Å². The first-order chi connectivity index (χ1) is 10.1. The van der Waals surface area contributed by atoms with Crippen molar-refractivity contribution in [2.24, 2.45) is 7.05 Å². The summed E-state index contributed by atoms with van der Waals surface area (Å²) in [5.74, 6) is -0.239. The van der Waals surface area contributed by atoms with Crippen LogP contribution in [-0.2, 0) is 7.05 Å². The molecule has 0 atom stereocenters. The lowest BCUT2D eigenvalue weighted by molar-refractivity contribution is 0.102. The third kappa shape index (κ3) is 2.50. The molecule has 0 spiro atoms. The van der Waals surface area contributed by atoms with Crippen LogP contribution >= 0.6 is 23.2 Å². The Labute approximate surface area is 132 Å². The number of carbonyl (C=O) groups is 1. The van der Waals surface area contributed by atoms with Crippen molar-refractivity contribution < 1.29 is 4.79 Å². The third-order valence-electron chi connectivity index (χ3n) is 3.34. The number of aryl methyl sites for hydroxylation is 1. The second-order valence-electron chi connectivity index (χ2n) is 4.72. The molecule has 0 aliphatic carbocycles. The maximum Gasteiger partial charge on any atom is 0.257 e. The monoisotopic (exact) mass is 318 g/mol. The van der Waals surface area contributed by atoms with Crippen LogP contribution in [0.2, 0.25) is 10.0 Å². The summed E-state index contributed by atoms with van der Waals surface area (Å²) in [7, 11) is 1.90. The summed E-state index contributed by atoms with van der Waals surface area (Å²) in [6.07, 6.45) is 1.92. The minimum atomic E-state index is -0.239. The fraction of sp³-hybridized carbons (Fsp3) is 0.0625. The standard InChI is InChI=1S/C16H12Cl2N2O/c1-20-9-8-10-4-2-5-11(15(10)20)16(21)19-14-12(17)6-3-7-13(14)18/h2-9H,1H3,(H,19,21). The van der Waals surface area contributed by atoms with Gasteiger partial charge in [-0.05, 0) is 24.3 Å². The molecule has 106 valence electrons. The number of anilines is 1. The van der Waals surface area contributed by atoms with Crippen molar-refractivity contribution in [2.75, 3.05) is 5.32 Å². The van der Waals surface area contributed by atoms with Crippen molar-refractivity contribution in [1.29, 1.82) is 0 Å². The zero-order chi connectivity index (χ0) is 15.0. The summed E-state index contributed by atoms with van der Waals surface area (Å²) in [6, 6.07) is 12.7. The molecule has 1 amide bonds. The molecule has 21 heavy (non-hydrogen) atoms. The summed E-state index contributed by atoms with van der Waals surface area (Å²) in [6.45, 7) is 0. The molecule has 0 saturated carbocycles. The van der Waals surface area contributed by atoms with Crippen molar-refractivity contribution in [3.05, 3.63) is 64.3 Å². The van der Waals surface area contributed by atoms with Crippen LogP contribution in [0, 0.1) is 0 Å². The van der Waals surface area contributed by atoms with Gasteiger partial charge in [-0.3, -0.25) is 4.79 Å². The van der Waals surface area contributed by atoms with Crippen molar-refractivity contribution in [1.82, 2.24) is 4.57 Å². The molecule has 3 aromatic rings. The number of fused-ring (bicyclic) bond motifs is 1. The average molecular weight is 319 g/mol. The van der Waals surface area contributed by atoms with Crippen molar-refractivity contribution in [3.8, 4) is 0 Å². The van der Waals surface area contributed by atoms with Crippen LogP contribution in [0.3, 0.4) is 0 Å². The summed E-state index contributed by atoms with van der Waals surface area (Å²) < 4.78 is 1.92. The first kappa shape index (κ1) is 14.0. The zero-order valence-electron chi connectivity index (χ0n) is 11.2. The molecule has 0 radical (unpaired) electrons. The van der Waals surface area contributed by atoms with E-state index in [0.29, 0.717) is 21.3 Å². The number of nitrogens with zero attached hydrogens (tertiary/aromatic N) is 1. The van der Waals surface area contributed by atoms with E-state index in [0.717, 1.165) is 10.9 Å². The number of hydrogen-bond donors (Lipinski definition) is 1. The number of para-hydroxylation sites is 2. The van der Waals surface area contributed by atoms with E-state index < -0.39 is 0 Å². The Balaban J connectivity index is 2.04. The van der Waals surface area contributed by atoms with Crippen LogP contribution in [0.5, 0.6) is 0 Å². The van der Waals surface area contributed by atoms with Gasteiger partial charge in [0.1, 0.15) is 0 Å². The molecule has 0 aliphatic heterocycles. The Kier molecular flexibility index (Phi) is 3.62. The van der Waals surface area contributed by atoms with E-state index in [2.05, 4.69) is 5.32 Å². The lowest BCUT2D eigenvalue weighted by Gasteiger charge is -2.10. The van der Waals surface area contributed by atoms with Crippen LogP contribution in [0.4, 0.5) is 5.69 Å². The molecule has 0 saturated heterocycles. The normalized spacial score (nSPS) is 10.8. The average Bonchev–Trinajstić information content (AvgIpc) is 2.85. The Hall–Kier alpha value is -1.97. The van der Waals surface area contributed by atoms with Crippen molar-refractivity contribution in [3.63, 3.8) is 0 Å². The number of nitrogens with one attached hydrogen (secondary N) is 1. The Morgan fingerprint density at radius 1 is 1.05 bits per heavy atom. The summed E-state index contributed by atoms with van der Waals surface area (Å²) in [5.41, 5.74) is 1.88. The van der Waals surface area contributed by atoms with Gasteiger partial charge in [-0.1, -0.05) is 41.4 Å². The predicted octanol–water partition coefficient (Wildman–Crippen LogP) is 4.74. The number of hydrogen-bond acceptors (Lipinski definition) is 1. The molecule has 0 aliphatic rings. The molecular weight excluding hydrogens is 307 g/mol. The van der Waals surface area contributed by atoms with Crippen LogP contribution in [-0.4, -0.2) is 10.5 Å². The van der Waals surface area contributed by atoms with Crippen molar-refractivity contribution in [2.45, 2.75) is 0 Å². The minimum Gasteiger partial charge on any atom is -0.350 e. The molecule has 0 unspecified atom stereocenters. The van der Waals surface area contributed by atoms with E-state index >= 15 is 0 Å². The maximum atomic E-state index is 12.5. The lowest BCUT2D eigenvalue weighted by Crippen LogP contribution is -2.14. The van der Waals surface area contributed by atoms with Gasteiger partial charge in [0.15, 0.2) is 0 Å². The van der Waals surface area contributed by atoms with Crippen LogP contribution in [0.1, 0.15) is 10.4 Å². The highest BCUT2D eigenvalue weighted by Crippen LogP contribution is 2.30. The van der Waals surface area contributed by atoms with E-state index in [4.69, 9.17) is 23.2 Å². The van der Waals surface area contributed by atoms with Gasteiger partial charge in [-0.15, -0.1) is 0 Å². The maximum absolute atomic E-state index is 12.5.